The SMILES string of the molecule is CC(C)C(NC(=O)c1ccc(S(=O)(=O)N(Oc2ccccc2)c2ccccc2)cc1)C(=O)NCC1CCN(C(=O)OC(C)(C)C)CC1. The molecule has 12 heteroatoms. The zero-order valence-corrected chi connectivity index (χ0v) is 28.3. The highest BCUT2D eigenvalue weighted by Gasteiger charge is 2.30. The molecule has 11 nitrogen and oxygen atoms in total. The predicted molar refractivity (Wildman–Crippen MR) is 179 cm³/mol. The third kappa shape index (κ3) is 9.71. The summed E-state index contributed by atoms with van der Waals surface area (Å²) in [5.74, 6) is -0.494. The van der Waals surface area contributed by atoms with Gasteiger partial charge in [0.15, 0.2) is 5.75 Å². The minimum atomic E-state index is -4.19. The monoisotopic (exact) mass is 664 g/mol. The summed E-state index contributed by atoms with van der Waals surface area (Å²) in [4.78, 5) is 46.1. The number of amides is 3. The highest BCUT2D eigenvalue weighted by Crippen LogP contribution is 2.26. The van der Waals surface area contributed by atoms with Crippen LogP contribution in [0.15, 0.2) is 89.8 Å². The van der Waals surface area contributed by atoms with Crippen molar-refractivity contribution in [2.24, 2.45) is 11.8 Å². The number of para-hydroxylation sites is 2. The molecule has 0 aromatic heterocycles. The van der Waals surface area contributed by atoms with Crippen LogP contribution in [-0.4, -0.2) is 62.5 Å². The second kappa shape index (κ2) is 15.3. The lowest BCUT2D eigenvalue weighted by Gasteiger charge is -2.33. The van der Waals surface area contributed by atoms with Gasteiger partial charge in [-0.25, -0.2) is 4.79 Å². The van der Waals surface area contributed by atoms with E-state index in [2.05, 4.69) is 10.6 Å². The Morgan fingerprint density at radius 3 is 2.02 bits per heavy atom. The Labute approximate surface area is 277 Å². The molecule has 47 heavy (non-hydrogen) atoms. The van der Waals surface area contributed by atoms with Crippen molar-refractivity contribution >= 4 is 33.6 Å². The average molecular weight is 665 g/mol. The van der Waals surface area contributed by atoms with E-state index in [-0.39, 0.29) is 34.3 Å². The highest BCUT2D eigenvalue weighted by molar-refractivity contribution is 7.92. The molecule has 3 amide bonds. The summed E-state index contributed by atoms with van der Waals surface area (Å²) in [6, 6.07) is 21.7. The van der Waals surface area contributed by atoms with E-state index in [0.29, 0.717) is 31.1 Å². The molecule has 1 aliphatic heterocycles. The summed E-state index contributed by atoms with van der Waals surface area (Å²) in [5.41, 5.74) is -0.0522. The maximum Gasteiger partial charge on any atom is 0.410 e. The van der Waals surface area contributed by atoms with Gasteiger partial charge in [-0.05, 0) is 94.0 Å². The number of sulfonamides is 1. The molecule has 0 saturated carbocycles. The maximum atomic E-state index is 13.7. The van der Waals surface area contributed by atoms with Gasteiger partial charge in [0.05, 0.1) is 10.6 Å². The fourth-order valence-electron chi connectivity index (χ4n) is 5.00. The first kappa shape index (κ1) is 35.3. The summed E-state index contributed by atoms with van der Waals surface area (Å²) in [7, 11) is -4.19. The smallest absolute Gasteiger partial charge is 0.410 e. The van der Waals surface area contributed by atoms with Crippen molar-refractivity contribution in [3.8, 4) is 5.75 Å². The number of carbonyl (C=O) groups is 3. The predicted octanol–water partition coefficient (Wildman–Crippen LogP) is 5.39. The fraction of sp³-hybridized carbons (Fsp3) is 0.400. The molecule has 2 N–H and O–H groups in total. The van der Waals surface area contributed by atoms with E-state index in [0.717, 1.165) is 17.3 Å². The Morgan fingerprint density at radius 1 is 0.894 bits per heavy atom. The molecule has 1 fully saturated rings. The minimum absolute atomic E-state index is 0.0790. The van der Waals surface area contributed by atoms with E-state index < -0.39 is 27.6 Å². The van der Waals surface area contributed by atoms with Crippen LogP contribution in [0.5, 0.6) is 5.75 Å². The lowest BCUT2D eigenvalue weighted by atomic mass is 9.96. The van der Waals surface area contributed by atoms with E-state index in [4.69, 9.17) is 9.57 Å². The Morgan fingerprint density at radius 2 is 1.47 bits per heavy atom. The molecular weight excluding hydrogens is 620 g/mol. The standard InChI is InChI=1S/C35H44N4O7S/c1-25(2)31(33(41)36-24-26-20-22-38(23-21-26)34(42)45-35(3,4)5)37-32(40)27-16-18-30(19-17-27)47(43,44)39(28-12-8-6-9-13-28)46-29-14-10-7-11-15-29/h6-19,25-26,31H,20-24H2,1-5H3,(H,36,41)(H,37,40). The lowest BCUT2D eigenvalue weighted by Crippen LogP contribution is -2.51. The van der Waals surface area contributed by atoms with E-state index in [1.165, 1.54) is 24.3 Å². The Balaban J connectivity index is 1.37. The molecule has 1 unspecified atom stereocenters. The van der Waals surface area contributed by atoms with Crippen molar-refractivity contribution < 1.29 is 32.4 Å². The number of nitrogens with one attached hydrogen (secondary N) is 2. The second-order valence-electron chi connectivity index (χ2n) is 12.8. The summed E-state index contributed by atoms with van der Waals surface area (Å²) >= 11 is 0. The first-order chi connectivity index (χ1) is 22.2. The molecular formula is C35H44N4O7S. The van der Waals surface area contributed by atoms with Crippen molar-refractivity contribution in [3.05, 3.63) is 90.5 Å². The lowest BCUT2D eigenvalue weighted by molar-refractivity contribution is -0.124. The van der Waals surface area contributed by atoms with Gasteiger partial charge < -0.3 is 25.1 Å². The highest BCUT2D eigenvalue weighted by atomic mass is 32.2. The van der Waals surface area contributed by atoms with Crippen LogP contribution in [0, 0.1) is 11.8 Å². The maximum absolute atomic E-state index is 13.7. The van der Waals surface area contributed by atoms with Crippen molar-refractivity contribution in [3.63, 3.8) is 0 Å². The summed E-state index contributed by atoms with van der Waals surface area (Å²) in [6.45, 7) is 10.7. The number of ether oxygens (including phenoxy) is 1. The largest absolute Gasteiger partial charge is 0.444 e. The third-order valence-electron chi connectivity index (χ3n) is 7.60. The van der Waals surface area contributed by atoms with Gasteiger partial charge >= 0.3 is 6.09 Å². The van der Waals surface area contributed by atoms with E-state index in [1.54, 1.807) is 65.6 Å². The van der Waals surface area contributed by atoms with Crippen molar-refractivity contribution in [2.75, 3.05) is 24.1 Å². The molecule has 1 saturated heterocycles. The number of anilines is 1. The number of rotatable bonds is 11. The second-order valence-corrected chi connectivity index (χ2v) is 14.6. The fourth-order valence-corrected chi connectivity index (χ4v) is 6.26. The van der Waals surface area contributed by atoms with Gasteiger partial charge in [-0.3, -0.25) is 9.59 Å². The topological polar surface area (TPSA) is 134 Å². The first-order valence-electron chi connectivity index (χ1n) is 15.7. The summed E-state index contributed by atoms with van der Waals surface area (Å²) in [6.07, 6.45) is 1.12. The van der Waals surface area contributed by atoms with Crippen LogP contribution >= 0.6 is 0 Å². The Kier molecular flexibility index (Phi) is 11.5. The molecule has 252 valence electrons. The van der Waals surface area contributed by atoms with E-state index in [1.807, 2.05) is 34.6 Å². The summed E-state index contributed by atoms with van der Waals surface area (Å²) < 4.78 is 33.7. The number of hydrogen-bond acceptors (Lipinski definition) is 7. The van der Waals surface area contributed by atoms with Crippen LogP contribution in [-0.2, 0) is 19.6 Å². The molecule has 1 aliphatic rings. The zero-order chi connectivity index (χ0) is 34.2. The van der Waals surface area contributed by atoms with Gasteiger partial charge in [0, 0.05) is 25.2 Å². The Bertz CT molecular complexity index is 1600. The van der Waals surface area contributed by atoms with Crippen molar-refractivity contribution in [1.82, 2.24) is 15.5 Å². The van der Waals surface area contributed by atoms with E-state index >= 15 is 0 Å². The van der Waals surface area contributed by atoms with Crippen LogP contribution in [0.4, 0.5) is 10.5 Å². The number of carbonyl (C=O) groups excluding carboxylic acids is 3. The number of piperidine rings is 1. The molecule has 1 heterocycles. The van der Waals surface area contributed by atoms with Crippen molar-refractivity contribution in [2.45, 2.75) is 64.0 Å². The minimum Gasteiger partial charge on any atom is -0.444 e. The average Bonchev–Trinajstić information content (AvgIpc) is 3.05. The van der Waals surface area contributed by atoms with Gasteiger partial charge in [-0.1, -0.05) is 54.7 Å². The van der Waals surface area contributed by atoms with Crippen LogP contribution in [0.2, 0.25) is 0 Å². The van der Waals surface area contributed by atoms with Gasteiger partial charge in [0.25, 0.3) is 15.9 Å². The quantitative estimate of drug-likeness (QED) is 0.263. The molecule has 4 rings (SSSR count). The molecule has 0 radical (unpaired) electrons. The van der Waals surface area contributed by atoms with Gasteiger partial charge in [-0.2, -0.15) is 8.42 Å². The molecule has 3 aromatic carbocycles. The van der Waals surface area contributed by atoms with E-state index in [9.17, 15) is 22.8 Å². The number of benzene rings is 3. The van der Waals surface area contributed by atoms with Gasteiger partial charge in [-0.15, -0.1) is 0 Å². The summed E-state index contributed by atoms with van der Waals surface area (Å²) in [5, 5.41) is 5.76. The number of likely N-dealkylation sites (tertiary alicyclic amines) is 1. The third-order valence-corrected chi connectivity index (χ3v) is 9.19. The van der Waals surface area contributed by atoms with Crippen LogP contribution in [0.25, 0.3) is 0 Å². The molecule has 3 aromatic rings. The zero-order valence-electron chi connectivity index (χ0n) is 27.5. The van der Waals surface area contributed by atoms with Crippen molar-refractivity contribution in [1.29, 1.82) is 0 Å². The van der Waals surface area contributed by atoms with Gasteiger partial charge in [0.2, 0.25) is 5.91 Å². The normalized spacial score (nSPS) is 14.6. The number of hydrogen-bond donors (Lipinski definition) is 2. The molecule has 0 spiro atoms. The molecule has 1 atom stereocenters. The van der Waals surface area contributed by atoms with Crippen LogP contribution in [0.1, 0.15) is 57.8 Å². The van der Waals surface area contributed by atoms with Gasteiger partial charge in [0.1, 0.15) is 11.6 Å². The molecule has 0 aliphatic carbocycles. The van der Waals surface area contributed by atoms with Crippen LogP contribution in [0.3, 0.4) is 0 Å². The molecule has 0 bridgehead atoms. The number of nitrogens with zero attached hydrogens (tertiary/aromatic N) is 2. The first-order valence-corrected chi connectivity index (χ1v) is 17.2. The Hall–Kier alpha value is -4.58. The van der Waals surface area contributed by atoms with Crippen LogP contribution < -0.4 is 19.9 Å².